The zero-order chi connectivity index (χ0) is 20.6. The van der Waals surface area contributed by atoms with Crippen molar-refractivity contribution in [2.45, 2.75) is 36.9 Å². The minimum absolute atomic E-state index is 0.146. The highest BCUT2D eigenvalue weighted by atomic mass is 32.2. The number of benzene rings is 1. The Morgan fingerprint density at radius 2 is 2.00 bits per heavy atom. The molecule has 2 aromatic heterocycles. The summed E-state index contributed by atoms with van der Waals surface area (Å²) in [5.74, 6) is 1.80. The Bertz CT molecular complexity index is 1030. The molecule has 0 saturated carbocycles. The van der Waals surface area contributed by atoms with E-state index in [4.69, 9.17) is 4.42 Å². The van der Waals surface area contributed by atoms with E-state index in [0.717, 1.165) is 11.1 Å². The number of oxazole rings is 1. The summed E-state index contributed by atoms with van der Waals surface area (Å²) >= 11 is 0. The van der Waals surface area contributed by atoms with Crippen LogP contribution in [-0.4, -0.2) is 48.3 Å². The molecular formula is C20H21FN4O3S. The Hall–Kier alpha value is -2.65. The van der Waals surface area contributed by atoms with Gasteiger partial charge in [0, 0.05) is 23.3 Å². The molecule has 152 valence electrons. The second kappa shape index (κ2) is 7.64. The van der Waals surface area contributed by atoms with Crippen molar-refractivity contribution in [1.82, 2.24) is 15.0 Å². The van der Waals surface area contributed by atoms with Gasteiger partial charge in [-0.25, -0.2) is 19.3 Å². The molecule has 0 amide bonds. The number of nitrogens with one attached hydrogen (secondary N) is 1. The molecule has 0 spiro atoms. The Morgan fingerprint density at radius 3 is 2.66 bits per heavy atom. The van der Waals surface area contributed by atoms with Gasteiger partial charge < -0.3 is 14.8 Å². The average molecular weight is 416 g/mol. The number of halogens is 1. The summed E-state index contributed by atoms with van der Waals surface area (Å²) in [7, 11) is -1.23. The molecule has 1 aromatic carbocycles. The molecule has 3 aromatic rings. The van der Waals surface area contributed by atoms with E-state index in [0.29, 0.717) is 40.3 Å². The minimum atomic E-state index is -1.51. The normalized spacial score (nSPS) is 17.2. The molecule has 0 saturated heterocycles. The van der Waals surface area contributed by atoms with Crippen LogP contribution in [0.2, 0.25) is 0 Å². The van der Waals surface area contributed by atoms with E-state index in [1.54, 1.807) is 6.20 Å². The number of aromatic nitrogens is 3. The maximum Gasteiger partial charge on any atom is 0.225 e. The van der Waals surface area contributed by atoms with Crippen LogP contribution in [0.3, 0.4) is 0 Å². The van der Waals surface area contributed by atoms with Crippen LogP contribution in [0.5, 0.6) is 0 Å². The van der Waals surface area contributed by atoms with Crippen molar-refractivity contribution in [2.24, 2.45) is 0 Å². The lowest BCUT2D eigenvalue weighted by Gasteiger charge is -2.23. The summed E-state index contributed by atoms with van der Waals surface area (Å²) < 4.78 is 31.9. The van der Waals surface area contributed by atoms with Crippen molar-refractivity contribution in [3.05, 3.63) is 42.4 Å². The summed E-state index contributed by atoms with van der Waals surface area (Å²) in [6, 6.07) is 7.42. The van der Waals surface area contributed by atoms with Gasteiger partial charge in [-0.15, -0.1) is 0 Å². The van der Waals surface area contributed by atoms with Gasteiger partial charge in [0.05, 0.1) is 34.8 Å². The number of alkyl halides is 1. The molecule has 4 rings (SSSR count). The number of hydrogen-bond acceptors (Lipinski definition) is 7. The summed E-state index contributed by atoms with van der Waals surface area (Å²) in [6.07, 6.45) is 2.16. The van der Waals surface area contributed by atoms with Crippen LogP contribution in [-0.2, 0) is 17.2 Å². The first kappa shape index (κ1) is 19.7. The zero-order valence-corrected chi connectivity index (χ0v) is 16.9. The third kappa shape index (κ3) is 4.06. The summed E-state index contributed by atoms with van der Waals surface area (Å²) in [6.45, 7) is 2.66. The molecular weight excluding hydrogens is 395 g/mol. The van der Waals surface area contributed by atoms with Gasteiger partial charge in [-0.2, -0.15) is 0 Å². The fourth-order valence-corrected chi connectivity index (χ4v) is 4.34. The number of aliphatic hydroxyl groups is 1. The van der Waals surface area contributed by atoms with Crippen molar-refractivity contribution < 1.29 is 18.1 Å². The molecule has 2 atom stereocenters. The number of nitrogens with zero attached hydrogens (tertiary/aromatic N) is 3. The van der Waals surface area contributed by atoms with Gasteiger partial charge in [0.15, 0.2) is 5.82 Å². The second-order valence-electron chi connectivity index (χ2n) is 7.39. The summed E-state index contributed by atoms with van der Waals surface area (Å²) in [5.41, 5.74) is 0.806. The first-order chi connectivity index (χ1) is 13.8. The van der Waals surface area contributed by atoms with Crippen LogP contribution < -0.4 is 5.32 Å². The quantitative estimate of drug-likeness (QED) is 0.637. The molecule has 0 radical (unpaired) electrons. The predicted octanol–water partition coefficient (Wildman–Crippen LogP) is 2.98. The van der Waals surface area contributed by atoms with Crippen LogP contribution in [0.15, 0.2) is 46.0 Å². The van der Waals surface area contributed by atoms with Crippen LogP contribution in [0.4, 0.5) is 10.2 Å². The predicted molar refractivity (Wildman–Crippen MR) is 108 cm³/mol. The highest BCUT2D eigenvalue weighted by molar-refractivity contribution is 7.85. The molecule has 0 fully saturated rings. The molecule has 2 N–H and O–H groups in total. The summed E-state index contributed by atoms with van der Waals surface area (Å²) in [5, 5.41) is 12.7. The molecule has 29 heavy (non-hydrogen) atoms. The monoisotopic (exact) mass is 416 g/mol. The van der Waals surface area contributed by atoms with E-state index in [1.807, 2.05) is 24.3 Å². The van der Waals surface area contributed by atoms with Gasteiger partial charge in [0.1, 0.15) is 23.1 Å². The molecule has 0 bridgehead atoms. The summed E-state index contributed by atoms with van der Waals surface area (Å²) in [4.78, 5) is 13.7. The molecule has 1 aliphatic heterocycles. The van der Waals surface area contributed by atoms with E-state index >= 15 is 0 Å². The van der Waals surface area contributed by atoms with Crippen LogP contribution in [0, 0.1) is 0 Å². The first-order valence-electron chi connectivity index (χ1n) is 9.23. The molecule has 3 heterocycles. The van der Waals surface area contributed by atoms with Crippen molar-refractivity contribution in [1.29, 1.82) is 0 Å². The van der Waals surface area contributed by atoms with Crippen LogP contribution in [0.25, 0.3) is 22.8 Å². The Kier molecular flexibility index (Phi) is 5.18. The maximum absolute atomic E-state index is 14.2. The zero-order valence-electron chi connectivity index (χ0n) is 16.1. The third-order valence-electron chi connectivity index (χ3n) is 4.73. The minimum Gasteiger partial charge on any atom is -0.445 e. The van der Waals surface area contributed by atoms with Crippen molar-refractivity contribution in [2.75, 3.05) is 17.6 Å². The van der Waals surface area contributed by atoms with Crippen molar-refractivity contribution in [3.8, 4) is 22.8 Å². The van der Waals surface area contributed by atoms with E-state index in [2.05, 4.69) is 20.3 Å². The standard InChI is InChI=1S/C20H21FN4O3S/c1-20(2,26)15(21)11-23-18-16-14(7-10-29(16)27)24-17(25-18)12-3-5-13(6-4-12)19-22-8-9-28-19/h3-6,8-9,15,26H,7,10-11H2,1-2H3,(H,23,24,25)/t15-,29-/m1/s1. The second-order valence-corrected chi connectivity index (χ2v) is 8.90. The first-order valence-corrected chi connectivity index (χ1v) is 10.5. The largest absolute Gasteiger partial charge is 0.445 e. The average Bonchev–Trinajstić information content (AvgIpc) is 3.35. The van der Waals surface area contributed by atoms with Gasteiger partial charge in [-0.3, -0.25) is 4.21 Å². The van der Waals surface area contributed by atoms with E-state index in [9.17, 15) is 13.7 Å². The molecule has 1 aliphatic rings. The van der Waals surface area contributed by atoms with Crippen LogP contribution in [0.1, 0.15) is 19.5 Å². The third-order valence-corrected chi connectivity index (χ3v) is 6.18. The number of anilines is 1. The number of fused-ring (bicyclic) bond motifs is 1. The van der Waals surface area contributed by atoms with E-state index < -0.39 is 22.6 Å². The number of aryl methyl sites for hydroxylation is 1. The fraction of sp³-hybridized carbons (Fsp3) is 0.350. The lowest BCUT2D eigenvalue weighted by Crippen LogP contribution is -2.37. The highest BCUT2D eigenvalue weighted by Crippen LogP contribution is 2.31. The Labute approximate surface area is 169 Å². The van der Waals surface area contributed by atoms with Crippen molar-refractivity contribution in [3.63, 3.8) is 0 Å². The van der Waals surface area contributed by atoms with E-state index in [1.165, 1.54) is 20.1 Å². The topological polar surface area (TPSA) is 101 Å². The van der Waals surface area contributed by atoms with Crippen LogP contribution >= 0.6 is 0 Å². The number of hydrogen-bond donors (Lipinski definition) is 2. The van der Waals surface area contributed by atoms with Gasteiger partial charge >= 0.3 is 0 Å². The molecule has 7 nitrogen and oxygen atoms in total. The molecule has 9 heteroatoms. The van der Waals surface area contributed by atoms with E-state index in [-0.39, 0.29) is 6.54 Å². The fourth-order valence-electron chi connectivity index (χ4n) is 3.01. The molecule has 0 unspecified atom stereocenters. The SMILES string of the molecule is CC(C)(O)[C@H](F)CNc1nc(-c2ccc(-c3ncco3)cc2)nc2c1[S@](=O)CC2. The van der Waals surface area contributed by atoms with Crippen molar-refractivity contribution >= 4 is 16.6 Å². The molecule has 0 aliphatic carbocycles. The smallest absolute Gasteiger partial charge is 0.225 e. The maximum atomic E-state index is 14.2. The lowest BCUT2D eigenvalue weighted by atomic mass is 10.0. The van der Waals surface area contributed by atoms with Gasteiger partial charge in [-0.05, 0) is 26.0 Å². The Morgan fingerprint density at radius 1 is 1.28 bits per heavy atom. The number of rotatable bonds is 6. The Balaban J connectivity index is 1.65. The highest BCUT2D eigenvalue weighted by Gasteiger charge is 2.29. The van der Waals surface area contributed by atoms with Gasteiger partial charge in [0.2, 0.25) is 5.89 Å². The van der Waals surface area contributed by atoms with Gasteiger partial charge in [-0.1, -0.05) is 12.1 Å². The lowest BCUT2D eigenvalue weighted by molar-refractivity contribution is 0.00319. The van der Waals surface area contributed by atoms with Gasteiger partial charge in [0.25, 0.3) is 0 Å².